The maximum Gasteiger partial charge on any atom is 0.337 e. The highest BCUT2D eigenvalue weighted by atomic mass is 16.5. The highest BCUT2D eigenvalue weighted by Gasteiger charge is 2.24. The molecule has 5 heteroatoms. The summed E-state index contributed by atoms with van der Waals surface area (Å²) in [6.45, 7) is 1.66. The summed E-state index contributed by atoms with van der Waals surface area (Å²) >= 11 is 0. The fourth-order valence-electron chi connectivity index (χ4n) is 1.55. The van der Waals surface area contributed by atoms with Crippen LogP contribution in [0.2, 0.25) is 0 Å². The molecule has 17 heavy (non-hydrogen) atoms. The number of aliphatic hydroxyl groups excluding tert-OH is 1. The van der Waals surface area contributed by atoms with Crippen LogP contribution in [0.25, 0.3) is 0 Å². The van der Waals surface area contributed by atoms with Crippen LogP contribution in [0.4, 0.5) is 0 Å². The van der Waals surface area contributed by atoms with E-state index in [0.29, 0.717) is 0 Å². The first-order valence-corrected chi connectivity index (χ1v) is 5.13. The number of hydrogen-bond donors (Lipinski definition) is 2. The Bertz CT molecular complexity index is 439. The van der Waals surface area contributed by atoms with Gasteiger partial charge >= 0.3 is 5.97 Å². The first-order valence-electron chi connectivity index (χ1n) is 5.13. The van der Waals surface area contributed by atoms with Gasteiger partial charge in [-0.05, 0) is 6.07 Å². The Morgan fingerprint density at radius 3 is 2.53 bits per heavy atom. The molecule has 1 aromatic rings. The number of carboxylic acid groups (broad SMARTS) is 1. The van der Waals surface area contributed by atoms with E-state index in [1.54, 1.807) is 13.0 Å². The Kier molecular flexibility index (Phi) is 4.23. The minimum atomic E-state index is -1.73. The molecular formula is C12H14O5. The van der Waals surface area contributed by atoms with E-state index in [9.17, 15) is 14.7 Å². The molecule has 0 heterocycles. The summed E-state index contributed by atoms with van der Waals surface area (Å²) in [5, 5.41) is 18.3. The van der Waals surface area contributed by atoms with Crippen LogP contribution in [0, 0.1) is 0 Å². The van der Waals surface area contributed by atoms with E-state index in [2.05, 4.69) is 0 Å². The molecule has 0 spiro atoms. The van der Waals surface area contributed by atoms with Gasteiger partial charge in [-0.3, -0.25) is 4.79 Å². The summed E-state index contributed by atoms with van der Waals surface area (Å²) in [4.78, 5) is 22.5. The van der Waals surface area contributed by atoms with Gasteiger partial charge in [-0.2, -0.15) is 0 Å². The molecule has 0 aromatic heterocycles. The number of aliphatic carboxylic acids is 1. The van der Waals surface area contributed by atoms with Crippen LogP contribution in [0.5, 0.6) is 5.75 Å². The van der Waals surface area contributed by atoms with Gasteiger partial charge in [0.25, 0.3) is 0 Å². The minimum absolute atomic E-state index is 0.0590. The monoisotopic (exact) mass is 238 g/mol. The third-order valence-corrected chi connectivity index (χ3v) is 2.41. The lowest BCUT2D eigenvalue weighted by molar-refractivity contribution is -0.146. The fourth-order valence-corrected chi connectivity index (χ4v) is 1.55. The lowest BCUT2D eigenvalue weighted by Crippen LogP contribution is -2.15. The van der Waals surface area contributed by atoms with Crippen LogP contribution in [0.15, 0.2) is 18.2 Å². The standard InChI is InChI=1S/C12H14O5/c1-3-8(13)10-7(11(14)12(15)16)5-4-6-9(10)17-2/h4-6,11,14H,3H2,1-2H3,(H,15,16). The Morgan fingerprint density at radius 2 is 2.06 bits per heavy atom. The summed E-state index contributed by atoms with van der Waals surface area (Å²) in [6.07, 6.45) is -1.52. The van der Waals surface area contributed by atoms with Crippen molar-refractivity contribution in [3.63, 3.8) is 0 Å². The van der Waals surface area contributed by atoms with E-state index in [1.165, 1.54) is 19.2 Å². The molecule has 0 amide bonds. The van der Waals surface area contributed by atoms with E-state index < -0.39 is 12.1 Å². The van der Waals surface area contributed by atoms with Crippen LogP contribution >= 0.6 is 0 Å². The second-order valence-corrected chi connectivity index (χ2v) is 3.44. The number of Topliss-reactive ketones (excluding diaryl/α,β-unsaturated/α-hetero) is 1. The number of ketones is 1. The van der Waals surface area contributed by atoms with Gasteiger partial charge in [0.2, 0.25) is 0 Å². The lowest BCUT2D eigenvalue weighted by Gasteiger charge is -2.14. The Hall–Kier alpha value is -1.88. The van der Waals surface area contributed by atoms with Crippen LogP contribution in [0.3, 0.4) is 0 Å². The molecule has 0 aliphatic heterocycles. The highest BCUT2D eigenvalue weighted by Crippen LogP contribution is 2.28. The number of carbonyl (C=O) groups excluding carboxylic acids is 1. The van der Waals surface area contributed by atoms with Crippen LogP contribution < -0.4 is 4.74 Å². The number of ether oxygens (including phenoxy) is 1. The SMILES string of the molecule is CCC(=O)c1c(OC)cccc1C(O)C(=O)O. The normalized spacial score (nSPS) is 11.9. The third-order valence-electron chi connectivity index (χ3n) is 2.41. The van der Waals surface area contributed by atoms with Gasteiger partial charge in [0, 0.05) is 12.0 Å². The minimum Gasteiger partial charge on any atom is -0.496 e. The smallest absolute Gasteiger partial charge is 0.337 e. The zero-order valence-electron chi connectivity index (χ0n) is 9.64. The quantitative estimate of drug-likeness (QED) is 0.757. The van der Waals surface area contributed by atoms with Crippen molar-refractivity contribution in [2.75, 3.05) is 7.11 Å². The molecule has 92 valence electrons. The van der Waals surface area contributed by atoms with E-state index in [0.717, 1.165) is 0 Å². The molecule has 0 aliphatic rings. The van der Waals surface area contributed by atoms with E-state index in [1.807, 2.05) is 0 Å². The number of rotatable bonds is 5. The zero-order chi connectivity index (χ0) is 13.0. The van der Waals surface area contributed by atoms with Gasteiger partial charge in [0.1, 0.15) is 5.75 Å². The second kappa shape index (κ2) is 5.45. The average Bonchev–Trinajstić information content (AvgIpc) is 2.35. The molecule has 1 unspecified atom stereocenters. The van der Waals surface area contributed by atoms with E-state index >= 15 is 0 Å². The number of benzene rings is 1. The molecule has 0 bridgehead atoms. The predicted molar refractivity (Wildman–Crippen MR) is 60.2 cm³/mol. The highest BCUT2D eigenvalue weighted by molar-refractivity contribution is 6.01. The Balaban J connectivity index is 3.38. The molecule has 2 N–H and O–H groups in total. The maximum absolute atomic E-state index is 11.8. The van der Waals surface area contributed by atoms with Crippen molar-refractivity contribution in [3.8, 4) is 5.75 Å². The third kappa shape index (κ3) is 2.62. The van der Waals surface area contributed by atoms with E-state index in [-0.39, 0.29) is 29.1 Å². The van der Waals surface area contributed by atoms with Gasteiger partial charge in [-0.15, -0.1) is 0 Å². The number of carboxylic acids is 1. The van der Waals surface area contributed by atoms with Crippen LogP contribution in [-0.2, 0) is 4.79 Å². The molecule has 0 aliphatic carbocycles. The number of hydrogen-bond acceptors (Lipinski definition) is 4. The van der Waals surface area contributed by atoms with Gasteiger partial charge in [0.15, 0.2) is 11.9 Å². The summed E-state index contributed by atoms with van der Waals surface area (Å²) in [6, 6.07) is 4.50. The molecule has 5 nitrogen and oxygen atoms in total. The first kappa shape index (κ1) is 13.2. The Morgan fingerprint density at radius 1 is 1.41 bits per heavy atom. The Labute approximate surface area is 98.6 Å². The predicted octanol–water partition coefficient (Wildman–Crippen LogP) is 1.41. The molecule has 1 aromatic carbocycles. The summed E-state index contributed by atoms with van der Waals surface area (Å²) in [5.41, 5.74) is 0.191. The molecule has 0 radical (unpaired) electrons. The van der Waals surface area contributed by atoms with Crippen molar-refractivity contribution in [3.05, 3.63) is 29.3 Å². The maximum atomic E-state index is 11.8. The van der Waals surface area contributed by atoms with Crippen molar-refractivity contribution in [1.29, 1.82) is 0 Å². The van der Waals surface area contributed by atoms with Crippen molar-refractivity contribution >= 4 is 11.8 Å². The zero-order valence-corrected chi connectivity index (χ0v) is 9.64. The van der Waals surface area contributed by atoms with Crippen LogP contribution in [-0.4, -0.2) is 29.1 Å². The first-order chi connectivity index (χ1) is 8.02. The molecule has 0 saturated carbocycles. The number of methoxy groups -OCH3 is 1. The lowest BCUT2D eigenvalue weighted by atomic mass is 9.97. The number of carbonyl (C=O) groups is 2. The topological polar surface area (TPSA) is 83.8 Å². The largest absolute Gasteiger partial charge is 0.496 e. The summed E-state index contributed by atoms with van der Waals surface area (Å²) in [5.74, 6) is -1.39. The van der Waals surface area contributed by atoms with Gasteiger partial charge < -0.3 is 14.9 Å². The average molecular weight is 238 g/mol. The molecule has 0 fully saturated rings. The molecule has 1 rings (SSSR count). The van der Waals surface area contributed by atoms with Crippen molar-refractivity contribution < 1.29 is 24.5 Å². The molecule has 0 saturated heterocycles. The van der Waals surface area contributed by atoms with Gasteiger partial charge in [0.05, 0.1) is 12.7 Å². The second-order valence-electron chi connectivity index (χ2n) is 3.44. The van der Waals surface area contributed by atoms with Gasteiger partial charge in [-0.1, -0.05) is 19.1 Å². The molecule has 1 atom stereocenters. The van der Waals surface area contributed by atoms with Crippen molar-refractivity contribution in [2.45, 2.75) is 19.4 Å². The van der Waals surface area contributed by atoms with E-state index in [4.69, 9.17) is 9.84 Å². The summed E-state index contributed by atoms with van der Waals surface area (Å²) < 4.78 is 5.01. The van der Waals surface area contributed by atoms with Crippen molar-refractivity contribution in [1.82, 2.24) is 0 Å². The van der Waals surface area contributed by atoms with Crippen LogP contribution in [0.1, 0.15) is 35.4 Å². The van der Waals surface area contributed by atoms with Gasteiger partial charge in [-0.25, -0.2) is 4.79 Å². The molecular weight excluding hydrogens is 224 g/mol. The number of aliphatic hydroxyl groups is 1. The summed E-state index contributed by atoms with van der Waals surface area (Å²) in [7, 11) is 1.39. The van der Waals surface area contributed by atoms with Crippen molar-refractivity contribution in [2.24, 2.45) is 0 Å². The fraction of sp³-hybridized carbons (Fsp3) is 0.333.